The summed E-state index contributed by atoms with van der Waals surface area (Å²) >= 11 is 0.821. The molecule has 0 atom stereocenters. The van der Waals surface area contributed by atoms with Crippen LogP contribution in [-0.2, 0) is 6.18 Å². The van der Waals surface area contributed by atoms with Gasteiger partial charge in [-0.15, -0.1) is 11.3 Å². The van der Waals surface area contributed by atoms with Crippen molar-refractivity contribution in [2.75, 3.05) is 11.9 Å². The summed E-state index contributed by atoms with van der Waals surface area (Å²) in [4.78, 5) is 23.9. The number of nitrogens with two attached hydrogens (primary N) is 1. The molecule has 0 radical (unpaired) electrons. The molecule has 3 heterocycles. The van der Waals surface area contributed by atoms with E-state index in [0.29, 0.717) is 34.5 Å². The second-order valence-corrected chi connectivity index (χ2v) is 7.24. The van der Waals surface area contributed by atoms with Gasteiger partial charge >= 0.3 is 12.2 Å². The largest absolute Gasteiger partial charge is 0.434 e. The highest BCUT2D eigenvalue weighted by atomic mass is 32.1. The van der Waals surface area contributed by atoms with E-state index in [2.05, 4.69) is 25.6 Å². The normalized spacial score (nSPS) is 11.8. The lowest BCUT2D eigenvalue weighted by Crippen LogP contribution is -2.28. The molecule has 8 nitrogen and oxygen atoms in total. The molecule has 12 heteroatoms. The Balaban J connectivity index is 2.12. The molecule has 3 rings (SSSR count). The first-order valence-electron chi connectivity index (χ1n) is 9.23. The Morgan fingerprint density at radius 3 is 2.69 bits per heavy atom. The minimum Gasteiger partial charge on any atom is -0.398 e. The third kappa shape index (κ3) is 5.27. The van der Waals surface area contributed by atoms with Crippen LogP contribution in [0.15, 0.2) is 42.2 Å². The van der Waals surface area contributed by atoms with Gasteiger partial charge in [0.15, 0.2) is 5.69 Å². The molecular weight excluding hydrogens is 443 g/mol. The smallest absolute Gasteiger partial charge is 0.398 e. The summed E-state index contributed by atoms with van der Waals surface area (Å²) in [5.74, 6) is 0.144. The maximum Gasteiger partial charge on any atom is 0.434 e. The Kier molecular flexibility index (Phi) is 6.83. The Hall–Kier alpha value is -3.80. The van der Waals surface area contributed by atoms with Gasteiger partial charge in [-0.2, -0.15) is 13.2 Å². The molecule has 0 bridgehead atoms. The molecule has 166 valence electrons. The van der Waals surface area contributed by atoms with E-state index in [4.69, 9.17) is 11.1 Å². The van der Waals surface area contributed by atoms with Crippen LogP contribution >= 0.6 is 11.3 Å². The number of hydrogen-bond acceptors (Lipinski definition) is 7. The molecule has 3 aromatic heterocycles. The van der Waals surface area contributed by atoms with E-state index in [9.17, 15) is 18.0 Å². The molecule has 0 saturated heterocycles. The molecule has 32 heavy (non-hydrogen) atoms. The van der Waals surface area contributed by atoms with Crippen molar-refractivity contribution in [3.05, 3.63) is 53.4 Å². The van der Waals surface area contributed by atoms with Gasteiger partial charge in [-0.1, -0.05) is 0 Å². The van der Waals surface area contributed by atoms with Crippen molar-refractivity contribution < 1.29 is 18.0 Å². The Labute approximate surface area is 184 Å². The molecule has 5 N–H and O–H groups in total. The lowest BCUT2D eigenvalue weighted by atomic mass is 10.0. The minimum absolute atomic E-state index is 0.0992. The van der Waals surface area contributed by atoms with Gasteiger partial charge in [0.2, 0.25) is 0 Å². The van der Waals surface area contributed by atoms with Crippen LogP contribution in [0.3, 0.4) is 0 Å². The van der Waals surface area contributed by atoms with Crippen LogP contribution < -0.4 is 16.4 Å². The fourth-order valence-electron chi connectivity index (χ4n) is 2.71. The number of aromatic nitrogens is 3. The van der Waals surface area contributed by atoms with Gasteiger partial charge in [-0.3, -0.25) is 10.3 Å². The standard InChI is InChI=1S/C20H18F3N7OS/c1-2-27-19(31)30-17-6-13(18-29-16(10-32-18)20(21,22)23)14(9-28-17)11-5-12(8-26-7-11)15(25)3-4-24/h3-10,24H,2,25H2,1H3,(H2,27,28,30,31)/b15-3-,24-4?. The van der Waals surface area contributed by atoms with E-state index in [1.807, 2.05) is 0 Å². The fourth-order valence-corrected chi connectivity index (χ4v) is 3.57. The monoisotopic (exact) mass is 461 g/mol. The zero-order valence-electron chi connectivity index (χ0n) is 16.7. The number of carbonyl (C=O) groups excluding carboxylic acids is 1. The maximum absolute atomic E-state index is 13.1. The number of rotatable bonds is 6. The number of hydrogen-bond donors (Lipinski definition) is 4. The van der Waals surface area contributed by atoms with E-state index >= 15 is 0 Å². The molecule has 0 spiro atoms. The Bertz CT molecular complexity index is 1170. The number of halogens is 3. The van der Waals surface area contributed by atoms with Crippen molar-refractivity contribution in [3.63, 3.8) is 0 Å². The van der Waals surface area contributed by atoms with Crippen molar-refractivity contribution in [2.24, 2.45) is 5.73 Å². The van der Waals surface area contributed by atoms with Gasteiger partial charge in [-0.25, -0.2) is 14.8 Å². The second-order valence-electron chi connectivity index (χ2n) is 6.39. The average molecular weight is 461 g/mol. The zero-order valence-corrected chi connectivity index (χ0v) is 17.5. The number of amides is 2. The molecule has 2 amide bonds. The van der Waals surface area contributed by atoms with Crippen LogP contribution in [0.25, 0.3) is 27.4 Å². The molecule has 0 fully saturated rings. The summed E-state index contributed by atoms with van der Waals surface area (Å²) in [5, 5.41) is 13.3. The number of nitrogens with zero attached hydrogens (tertiary/aromatic N) is 3. The number of thiazole rings is 1. The van der Waals surface area contributed by atoms with E-state index in [1.165, 1.54) is 30.7 Å². The number of urea groups is 1. The molecule has 0 aliphatic rings. The molecule has 0 saturated carbocycles. The first-order chi connectivity index (χ1) is 15.2. The van der Waals surface area contributed by atoms with Gasteiger partial charge in [0.25, 0.3) is 0 Å². The van der Waals surface area contributed by atoms with Crippen LogP contribution in [0, 0.1) is 5.41 Å². The SMILES string of the molecule is CCNC(=O)Nc1cc(-c2nc(C(F)(F)F)cs2)c(-c2cncc(/C(N)=C/C=N)c2)cn1. The number of allylic oxidation sites excluding steroid dienone is 1. The highest BCUT2D eigenvalue weighted by Gasteiger charge is 2.34. The molecule has 0 unspecified atom stereocenters. The van der Waals surface area contributed by atoms with Crippen LogP contribution in [0.2, 0.25) is 0 Å². The van der Waals surface area contributed by atoms with E-state index in [0.717, 1.165) is 22.9 Å². The van der Waals surface area contributed by atoms with Crippen molar-refractivity contribution in [1.29, 1.82) is 5.41 Å². The first kappa shape index (κ1) is 22.9. The second kappa shape index (κ2) is 9.56. The van der Waals surface area contributed by atoms with Crippen molar-refractivity contribution in [1.82, 2.24) is 20.3 Å². The van der Waals surface area contributed by atoms with Gasteiger partial charge in [0.1, 0.15) is 10.8 Å². The van der Waals surface area contributed by atoms with E-state index in [1.54, 1.807) is 13.0 Å². The summed E-state index contributed by atoms with van der Waals surface area (Å²) in [7, 11) is 0. The average Bonchev–Trinajstić information content (AvgIpc) is 3.25. The van der Waals surface area contributed by atoms with Gasteiger partial charge < -0.3 is 16.5 Å². The van der Waals surface area contributed by atoms with Crippen molar-refractivity contribution >= 4 is 35.1 Å². The van der Waals surface area contributed by atoms with Crippen LogP contribution in [0.4, 0.5) is 23.8 Å². The molecule has 3 aromatic rings. The summed E-state index contributed by atoms with van der Waals surface area (Å²) in [6, 6.07) is 2.63. The molecule has 0 aromatic carbocycles. The number of pyridine rings is 2. The zero-order chi connectivity index (χ0) is 23.3. The Morgan fingerprint density at radius 1 is 1.25 bits per heavy atom. The van der Waals surface area contributed by atoms with Gasteiger partial charge in [-0.05, 0) is 25.1 Å². The summed E-state index contributed by atoms with van der Waals surface area (Å²) < 4.78 is 39.3. The number of carbonyl (C=O) groups is 1. The lowest BCUT2D eigenvalue weighted by Gasteiger charge is -2.12. The minimum atomic E-state index is -4.59. The number of nitrogens with one attached hydrogen (secondary N) is 3. The van der Waals surface area contributed by atoms with E-state index < -0.39 is 17.9 Å². The molecular formula is C20H18F3N7OS. The lowest BCUT2D eigenvalue weighted by molar-refractivity contribution is -0.140. The van der Waals surface area contributed by atoms with E-state index in [-0.39, 0.29) is 10.8 Å². The summed E-state index contributed by atoms with van der Waals surface area (Å²) in [6.07, 6.45) is 2.26. The topological polar surface area (TPSA) is 130 Å². The molecule has 0 aliphatic heterocycles. The van der Waals surface area contributed by atoms with Crippen LogP contribution in [-0.4, -0.2) is 33.7 Å². The summed E-state index contributed by atoms with van der Waals surface area (Å²) in [5.41, 5.74) is 7.05. The Morgan fingerprint density at radius 2 is 2.03 bits per heavy atom. The van der Waals surface area contributed by atoms with Gasteiger partial charge in [0, 0.05) is 64.7 Å². The first-order valence-corrected chi connectivity index (χ1v) is 10.1. The van der Waals surface area contributed by atoms with Crippen molar-refractivity contribution in [3.8, 4) is 21.7 Å². The van der Waals surface area contributed by atoms with Crippen molar-refractivity contribution in [2.45, 2.75) is 13.1 Å². The maximum atomic E-state index is 13.1. The predicted molar refractivity (Wildman–Crippen MR) is 117 cm³/mol. The predicted octanol–water partition coefficient (Wildman–Crippen LogP) is 4.38. The number of anilines is 1. The summed E-state index contributed by atoms with van der Waals surface area (Å²) in [6.45, 7) is 2.13. The number of alkyl halides is 3. The third-order valence-electron chi connectivity index (χ3n) is 4.15. The van der Waals surface area contributed by atoms with Gasteiger partial charge in [0.05, 0.1) is 0 Å². The molecule has 0 aliphatic carbocycles. The quantitative estimate of drug-likeness (QED) is 0.405. The van der Waals surface area contributed by atoms with Crippen LogP contribution in [0.1, 0.15) is 18.2 Å². The van der Waals surface area contributed by atoms with Crippen LogP contribution in [0.5, 0.6) is 0 Å². The fraction of sp³-hybridized carbons (Fsp3) is 0.150. The highest BCUT2D eigenvalue weighted by molar-refractivity contribution is 7.13. The third-order valence-corrected chi connectivity index (χ3v) is 5.03. The highest BCUT2D eigenvalue weighted by Crippen LogP contribution is 2.38.